The third-order valence-corrected chi connectivity index (χ3v) is 3.26. The first-order valence-electron chi connectivity index (χ1n) is 5.61. The van der Waals surface area contributed by atoms with E-state index in [1.54, 1.807) is 13.8 Å². The Balaban J connectivity index is 3.72. The molecule has 0 N–H and O–H groups in total. The lowest BCUT2D eigenvalue weighted by molar-refractivity contribution is 0.403. The SMILES string of the molecule is [B]C(CC)(CC)c1c(F)c(F)c(C=C)c(F)c1F. The van der Waals surface area contributed by atoms with Crippen molar-refractivity contribution in [3.8, 4) is 0 Å². The third-order valence-electron chi connectivity index (χ3n) is 3.26. The largest absolute Gasteiger partial charge is 0.203 e. The molecule has 0 saturated carbocycles. The molecule has 2 radical (unpaired) electrons. The minimum Gasteiger partial charge on any atom is -0.203 e. The molecule has 0 aliphatic heterocycles. The van der Waals surface area contributed by atoms with E-state index in [9.17, 15) is 17.6 Å². The van der Waals surface area contributed by atoms with Gasteiger partial charge in [0.2, 0.25) is 0 Å². The summed E-state index contributed by atoms with van der Waals surface area (Å²) in [5.41, 5.74) is -1.56. The van der Waals surface area contributed by atoms with Gasteiger partial charge in [0.25, 0.3) is 0 Å². The first kappa shape index (κ1) is 14.8. The zero-order valence-corrected chi connectivity index (χ0v) is 10.3. The predicted molar refractivity (Wildman–Crippen MR) is 64.4 cm³/mol. The van der Waals surface area contributed by atoms with Crippen molar-refractivity contribution in [2.24, 2.45) is 0 Å². The Hall–Kier alpha value is -1.26. The number of benzene rings is 1. The van der Waals surface area contributed by atoms with Crippen LogP contribution in [0.3, 0.4) is 0 Å². The lowest BCUT2D eigenvalue weighted by Gasteiger charge is -2.29. The van der Waals surface area contributed by atoms with Gasteiger partial charge in [-0.15, -0.1) is 0 Å². The Labute approximate surface area is 105 Å². The van der Waals surface area contributed by atoms with Crippen molar-refractivity contribution >= 4 is 13.9 Å². The van der Waals surface area contributed by atoms with Crippen LogP contribution in [0, 0.1) is 23.3 Å². The highest BCUT2D eigenvalue weighted by Crippen LogP contribution is 2.36. The maximum absolute atomic E-state index is 13.8. The molecule has 96 valence electrons. The fourth-order valence-electron chi connectivity index (χ4n) is 1.87. The highest BCUT2D eigenvalue weighted by molar-refractivity contribution is 6.16. The smallest absolute Gasteiger partial charge is 0.169 e. The molecule has 0 amide bonds. The number of hydrogen-bond acceptors (Lipinski definition) is 0. The van der Waals surface area contributed by atoms with E-state index in [1.807, 2.05) is 0 Å². The first-order chi connectivity index (χ1) is 8.33. The van der Waals surface area contributed by atoms with Crippen molar-refractivity contribution in [2.75, 3.05) is 0 Å². The van der Waals surface area contributed by atoms with Crippen LogP contribution in [-0.4, -0.2) is 7.85 Å². The van der Waals surface area contributed by atoms with E-state index in [0.717, 1.165) is 6.08 Å². The van der Waals surface area contributed by atoms with Crippen LogP contribution in [-0.2, 0) is 5.31 Å². The molecule has 0 heterocycles. The summed E-state index contributed by atoms with van der Waals surface area (Å²) < 4.78 is 54.9. The molecule has 1 aromatic carbocycles. The fourth-order valence-corrected chi connectivity index (χ4v) is 1.87. The third kappa shape index (κ3) is 2.06. The molecule has 0 fully saturated rings. The molecule has 0 saturated heterocycles. The molecule has 0 nitrogen and oxygen atoms in total. The predicted octanol–water partition coefficient (Wildman–Crippen LogP) is 4.07. The second kappa shape index (κ2) is 5.16. The standard InChI is InChI=1S/C13H13BF4/c1-4-7-9(15)11(17)8(12(18)10(7)16)13(14,5-2)6-3/h4H,1,5-6H2,2-3H3. The van der Waals surface area contributed by atoms with Crippen molar-refractivity contribution in [3.05, 3.63) is 41.0 Å². The van der Waals surface area contributed by atoms with E-state index in [1.165, 1.54) is 0 Å². The molecule has 0 atom stereocenters. The van der Waals surface area contributed by atoms with Crippen molar-refractivity contribution in [1.82, 2.24) is 0 Å². The van der Waals surface area contributed by atoms with Gasteiger partial charge in [0.15, 0.2) is 23.3 Å². The van der Waals surface area contributed by atoms with E-state index in [2.05, 4.69) is 6.58 Å². The quantitative estimate of drug-likeness (QED) is 0.432. The highest BCUT2D eigenvalue weighted by Gasteiger charge is 2.34. The summed E-state index contributed by atoms with van der Waals surface area (Å²) in [7, 11) is 5.81. The molecular formula is C13H13BF4. The van der Waals surface area contributed by atoms with E-state index in [4.69, 9.17) is 7.85 Å². The van der Waals surface area contributed by atoms with E-state index < -0.39 is 39.7 Å². The molecule has 0 aliphatic rings. The van der Waals surface area contributed by atoms with Gasteiger partial charge in [-0.05, 0) is 5.31 Å². The summed E-state index contributed by atoms with van der Waals surface area (Å²) in [4.78, 5) is 0. The van der Waals surface area contributed by atoms with Crippen LogP contribution in [0.4, 0.5) is 17.6 Å². The monoisotopic (exact) mass is 256 g/mol. The lowest BCUT2D eigenvalue weighted by atomic mass is 9.60. The summed E-state index contributed by atoms with van der Waals surface area (Å²) >= 11 is 0. The summed E-state index contributed by atoms with van der Waals surface area (Å²) in [6, 6.07) is 0. The van der Waals surface area contributed by atoms with E-state index in [-0.39, 0.29) is 12.8 Å². The van der Waals surface area contributed by atoms with Gasteiger partial charge in [-0.3, -0.25) is 0 Å². The number of hydrogen-bond donors (Lipinski definition) is 0. The second-order valence-electron chi connectivity index (χ2n) is 4.11. The highest BCUT2D eigenvalue weighted by atomic mass is 19.2. The Morgan fingerprint density at radius 3 is 1.67 bits per heavy atom. The maximum Gasteiger partial charge on any atom is 0.169 e. The normalized spacial score (nSPS) is 11.7. The molecule has 0 aromatic heterocycles. The average Bonchev–Trinajstić information content (AvgIpc) is 2.37. The van der Waals surface area contributed by atoms with Crippen molar-refractivity contribution in [1.29, 1.82) is 0 Å². The average molecular weight is 256 g/mol. The Bertz CT molecular complexity index is 449. The van der Waals surface area contributed by atoms with Crippen LogP contribution in [0.5, 0.6) is 0 Å². The van der Waals surface area contributed by atoms with Crippen LogP contribution in [0.25, 0.3) is 6.08 Å². The summed E-state index contributed by atoms with van der Waals surface area (Å²) in [5.74, 6) is -5.82. The van der Waals surface area contributed by atoms with Gasteiger partial charge in [0.1, 0.15) is 0 Å². The Morgan fingerprint density at radius 1 is 1.00 bits per heavy atom. The second-order valence-corrected chi connectivity index (χ2v) is 4.11. The zero-order valence-electron chi connectivity index (χ0n) is 10.3. The lowest BCUT2D eigenvalue weighted by Crippen LogP contribution is -2.29. The van der Waals surface area contributed by atoms with Crippen LogP contribution >= 0.6 is 0 Å². The first-order valence-corrected chi connectivity index (χ1v) is 5.61. The van der Waals surface area contributed by atoms with Crippen LogP contribution < -0.4 is 0 Å². The maximum atomic E-state index is 13.8. The fraction of sp³-hybridized carbons (Fsp3) is 0.385. The van der Waals surface area contributed by atoms with E-state index in [0.29, 0.717) is 0 Å². The van der Waals surface area contributed by atoms with Gasteiger partial charge < -0.3 is 0 Å². The summed E-state index contributed by atoms with van der Waals surface area (Å²) in [5, 5.41) is -1.43. The molecular weight excluding hydrogens is 243 g/mol. The molecule has 0 spiro atoms. The van der Waals surface area contributed by atoms with Gasteiger partial charge in [-0.1, -0.05) is 39.3 Å². The minimum atomic E-state index is -1.46. The molecule has 0 aliphatic carbocycles. The van der Waals surface area contributed by atoms with Crippen molar-refractivity contribution < 1.29 is 17.6 Å². The number of rotatable bonds is 4. The zero-order chi connectivity index (χ0) is 14.1. The number of halogens is 4. The van der Waals surface area contributed by atoms with Crippen LogP contribution in [0.2, 0.25) is 0 Å². The molecule has 0 unspecified atom stereocenters. The van der Waals surface area contributed by atoms with Gasteiger partial charge in [-0.25, -0.2) is 17.6 Å². The summed E-state index contributed by atoms with van der Waals surface area (Å²) in [6.07, 6.45) is 1.05. The minimum absolute atomic E-state index is 0.156. The molecule has 1 aromatic rings. The van der Waals surface area contributed by atoms with Crippen LogP contribution in [0.15, 0.2) is 6.58 Å². The van der Waals surface area contributed by atoms with Gasteiger partial charge >= 0.3 is 0 Å². The Morgan fingerprint density at radius 2 is 1.39 bits per heavy atom. The van der Waals surface area contributed by atoms with Gasteiger partial charge in [0.05, 0.1) is 13.4 Å². The summed E-state index contributed by atoms with van der Waals surface area (Å²) in [6.45, 7) is 6.32. The Kier molecular flexibility index (Phi) is 4.25. The van der Waals surface area contributed by atoms with Crippen LogP contribution in [0.1, 0.15) is 37.8 Å². The molecule has 18 heavy (non-hydrogen) atoms. The molecule has 0 bridgehead atoms. The topological polar surface area (TPSA) is 0 Å². The van der Waals surface area contributed by atoms with E-state index >= 15 is 0 Å². The van der Waals surface area contributed by atoms with Crippen molar-refractivity contribution in [3.63, 3.8) is 0 Å². The van der Waals surface area contributed by atoms with Gasteiger partial charge in [-0.2, -0.15) is 0 Å². The molecule has 1 rings (SSSR count). The molecule has 5 heteroatoms. The van der Waals surface area contributed by atoms with Crippen molar-refractivity contribution in [2.45, 2.75) is 32.0 Å². The van der Waals surface area contributed by atoms with Gasteiger partial charge in [0, 0.05) is 5.56 Å².